The van der Waals surface area contributed by atoms with Crippen LogP contribution >= 0.6 is 0 Å². The van der Waals surface area contributed by atoms with Gasteiger partial charge in [-0.05, 0) is 64.6 Å². The second-order valence-electron chi connectivity index (χ2n) is 8.33. The average molecular weight is 415 g/mol. The summed E-state index contributed by atoms with van der Waals surface area (Å²) in [5.41, 5.74) is 8.94. The van der Waals surface area contributed by atoms with Crippen LogP contribution in [-0.4, -0.2) is 17.1 Å². The van der Waals surface area contributed by atoms with Gasteiger partial charge in [0.1, 0.15) is 5.75 Å². The third-order valence-electron chi connectivity index (χ3n) is 6.68. The summed E-state index contributed by atoms with van der Waals surface area (Å²) in [5.74, 6) is 0.842. The Balaban J connectivity index is 1.79. The van der Waals surface area contributed by atoms with Crippen molar-refractivity contribution in [3.05, 3.63) is 125 Å². The van der Waals surface area contributed by atoms with Gasteiger partial charge in [-0.15, -0.1) is 0 Å². The van der Waals surface area contributed by atoms with E-state index in [1.54, 1.807) is 7.11 Å². The molecule has 2 heterocycles. The molecule has 1 aliphatic carbocycles. The molecule has 0 saturated heterocycles. The number of aryl methyl sites for hydroxylation is 1. The van der Waals surface area contributed by atoms with Crippen LogP contribution in [0.4, 0.5) is 0 Å². The van der Waals surface area contributed by atoms with E-state index in [1.165, 1.54) is 44.3 Å². The van der Waals surface area contributed by atoms with Gasteiger partial charge in [0.2, 0.25) is 0 Å². The maximum Gasteiger partial charge on any atom is 0.118 e. The number of hydrogen-bond donors (Lipinski definition) is 0. The molecule has 1 aliphatic rings. The molecule has 3 heteroatoms. The zero-order valence-corrected chi connectivity index (χ0v) is 18.0. The Bertz CT molecular complexity index is 1460. The molecule has 2 aromatic heterocycles. The van der Waals surface area contributed by atoms with Crippen LogP contribution in [0.5, 0.6) is 5.75 Å². The summed E-state index contributed by atoms with van der Waals surface area (Å²) in [7, 11) is 1.70. The number of pyridine rings is 2. The molecule has 0 N–H and O–H groups in total. The van der Waals surface area contributed by atoms with E-state index < -0.39 is 5.41 Å². The molecule has 0 saturated carbocycles. The summed E-state index contributed by atoms with van der Waals surface area (Å²) < 4.78 is 5.46. The van der Waals surface area contributed by atoms with Gasteiger partial charge < -0.3 is 4.74 Å². The van der Waals surface area contributed by atoms with Gasteiger partial charge in [-0.3, -0.25) is 9.97 Å². The summed E-state index contributed by atoms with van der Waals surface area (Å²) in [6, 6.07) is 27.8. The van der Waals surface area contributed by atoms with Crippen LogP contribution in [0.25, 0.3) is 22.0 Å². The van der Waals surface area contributed by atoms with Gasteiger partial charge >= 0.3 is 0 Å². The molecule has 1 unspecified atom stereocenters. The van der Waals surface area contributed by atoms with Crippen molar-refractivity contribution in [3.8, 4) is 16.9 Å². The Labute approximate surface area is 187 Å². The first-order valence-corrected chi connectivity index (χ1v) is 10.8. The van der Waals surface area contributed by atoms with Crippen molar-refractivity contribution < 1.29 is 4.74 Å². The molecular formula is C29H22N2O. The highest BCUT2D eigenvalue weighted by Gasteiger charge is 2.47. The molecule has 3 nitrogen and oxygen atoms in total. The van der Waals surface area contributed by atoms with E-state index in [2.05, 4.69) is 78.8 Å². The second kappa shape index (κ2) is 7.03. The van der Waals surface area contributed by atoms with Crippen LogP contribution in [0.15, 0.2) is 97.5 Å². The minimum absolute atomic E-state index is 0.504. The SMILES string of the molecule is COc1ccc(C2(c3ccc(C)cc3)c3cnccc3-c3c2cnc2ccccc32)cc1. The first kappa shape index (κ1) is 18.8. The van der Waals surface area contributed by atoms with Gasteiger partial charge in [0.05, 0.1) is 18.0 Å². The number of rotatable bonds is 3. The average Bonchev–Trinajstić information content (AvgIpc) is 3.16. The predicted octanol–water partition coefficient (Wildman–Crippen LogP) is 6.31. The molecule has 154 valence electrons. The summed E-state index contributed by atoms with van der Waals surface area (Å²) >= 11 is 0. The highest BCUT2D eigenvalue weighted by atomic mass is 16.5. The molecule has 0 aliphatic heterocycles. The molecule has 0 fully saturated rings. The Morgan fingerprint density at radius 2 is 1.47 bits per heavy atom. The Hall–Kier alpha value is -3.98. The Morgan fingerprint density at radius 1 is 0.750 bits per heavy atom. The maximum absolute atomic E-state index is 5.46. The van der Waals surface area contributed by atoms with Crippen molar-refractivity contribution in [2.45, 2.75) is 12.3 Å². The van der Waals surface area contributed by atoms with Crippen molar-refractivity contribution in [1.82, 2.24) is 9.97 Å². The van der Waals surface area contributed by atoms with Crippen molar-refractivity contribution >= 4 is 10.9 Å². The quantitative estimate of drug-likeness (QED) is 0.340. The van der Waals surface area contributed by atoms with E-state index in [1.807, 2.05) is 30.6 Å². The number of hydrogen-bond acceptors (Lipinski definition) is 3. The Morgan fingerprint density at radius 3 is 2.22 bits per heavy atom. The lowest BCUT2D eigenvalue weighted by molar-refractivity contribution is 0.414. The second-order valence-corrected chi connectivity index (χ2v) is 8.33. The fourth-order valence-corrected chi connectivity index (χ4v) is 5.21. The first-order chi connectivity index (χ1) is 15.7. The molecule has 3 aromatic carbocycles. The van der Waals surface area contributed by atoms with Gasteiger partial charge in [-0.1, -0.05) is 60.2 Å². The van der Waals surface area contributed by atoms with E-state index >= 15 is 0 Å². The van der Waals surface area contributed by atoms with E-state index in [0.29, 0.717) is 0 Å². The number of nitrogens with zero attached hydrogens (tertiary/aromatic N) is 2. The molecule has 0 bridgehead atoms. The lowest BCUT2D eigenvalue weighted by Gasteiger charge is -2.33. The van der Waals surface area contributed by atoms with Crippen molar-refractivity contribution in [2.24, 2.45) is 0 Å². The molecule has 1 atom stereocenters. The van der Waals surface area contributed by atoms with Gasteiger partial charge in [0, 0.05) is 24.0 Å². The number of benzene rings is 3. The molecule has 0 radical (unpaired) electrons. The van der Waals surface area contributed by atoms with Crippen LogP contribution in [-0.2, 0) is 5.41 Å². The van der Waals surface area contributed by atoms with Crippen LogP contribution in [0.1, 0.15) is 27.8 Å². The predicted molar refractivity (Wildman–Crippen MR) is 128 cm³/mol. The van der Waals surface area contributed by atoms with Gasteiger partial charge in [-0.2, -0.15) is 0 Å². The maximum atomic E-state index is 5.46. The number of aromatic nitrogens is 2. The molecule has 0 spiro atoms. The molecule has 32 heavy (non-hydrogen) atoms. The minimum Gasteiger partial charge on any atom is -0.497 e. The van der Waals surface area contributed by atoms with Crippen molar-refractivity contribution in [1.29, 1.82) is 0 Å². The monoisotopic (exact) mass is 414 g/mol. The fraction of sp³-hybridized carbons (Fsp3) is 0.103. The summed E-state index contributed by atoms with van der Waals surface area (Å²) in [6.07, 6.45) is 5.97. The van der Waals surface area contributed by atoms with E-state index in [9.17, 15) is 0 Å². The molecule has 0 amide bonds. The van der Waals surface area contributed by atoms with E-state index in [4.69, 9.17) is 9.72 Å². The van der Waals surface area contributed by atoms with Gasteiger partial charge in [0.15, 0.2) is 0 Å². The standard InChI is InChI=1S/C29H22N2O/c1-19-7-9-20(10-8-19)29(21-11-13-22(32-2)14-12-21)25-17-30-16-15-23(25)28-24-5-3-4-6-27(24)31-18-26(28)29/h3-18H,1-2H3. The summed E-state index contributed by atoms with van der Waals surface area (Å²) in [4.78, 5) is 9.46. The lowest BCUT2D eigenvalue weighted by atomic mass is 9.68. The van der Waals surface area contributed by atoms with Crippen LogP contribution < -0.4 is 4.74 Å². The third kappa shape index (κ3) is 2.48. The molecular weight excluding hydrogens is 392 g/mol. The zero-order chi connectivity index (χ0) is 21.7. The van der Waals surface area contributed by atoms with Crippen LogP contribution in [0.2, 0.25) is 0 Å². The fourth-order valence-electron chi connectivity index (χ4n) is 5.21. The highest BCUT2D eigenvalue weighted by Crippen LogP contribution is 2.57. The highest BCUT2D eigenvalue weighted by molar-refractivity contribution is 6.02. The van der Waals surface area contributed by atoms with E-state index in [0.717, 1.165) is 11.3 Å². The van der Waals surface area contributed by atoms with Crippen molar-refractivity contribution in [3.63, 3.8) is 0 Å². The number of fused-ring (bicyclic) bond motifs is 5. The van der Waals surface area contributed by atoms with Gasteiger partial charge in [-0.25, -0.2) is 0 Å². The minimum atomic E-state index is -0.504. The summed E-state index contributed by atoms with van der Waals surface area (Å²) in [6.45, 7) is 2.12. The zero-order valence-electron chi connectivity index (χ0n) is 18.0. The smallest absolute Gasteiger partial charge is 0.118 e. The van der Waals surface area contributed by atoms with Crippen LogP contribution in [0, 0.1) is 6.92 Å². The van der Waals surface area contributed by atoms with Gasteiger partial charge in [0.25, 0.3) is 0 Å². The molecule has 5 aromatic rings. The molecule has 6 rings (SSSR count). The number of ether oxygens (including phenoxy) is 1. The Kier molecular flexibility index (Phi) is 4.12. The van der Waals surface area contributed by atoms with Crippen LogP contribution in [0.3, 0.4) is 0 Å². The lowest BCUT2D eigenvalue weighted by Crippen LogP contribution is -2.28. The number of para-hydroxylation sites is 1. The van der Waals surface area contributed by atoms with Crippen molar-refractivity contribution in [2.75, 3.05) is 7.11 Å². The number of methoxy groups -OCH3 is 1. The third-order valence-corrected chi connectivity index (χ3v) is 6.68. The largest absolute Gasteiger partial charge is 0.497 e. The first-order valence-electron chi connectivity index (χ1n) is 10.8. The normalized spacial score (nSPS) is 16.6. The van der Waals surface area contributed by atoms with E-state index in [-0.39, 0.29) is 0 Å². The topological polar surface area (TPSA) is 35.0 Å². The summed E-state index contributed by atoms with van der Waals surface area (Å²) in [5, 5.41) is 1.17.